The Morgan fingerprint density at radius 2 is 2.17 bits per heavy atom. The minimum atomic E-state index is -2.97. The number of carbonyl (C=O) groups is 1. The molecule has 6 nitrogen and oxygen atoms in total. The molecular weight excluding hydrogens is 350 g/mol. The SMILES string of the molecule is O=C(CC1CCS(=O)(=O)C1)Nc1nccn1Cc1ccccc1Cl. The average molecular weight is 368 g/mol. The highest BCUT2D eigenvalue weighted by atomic mass is 35.5. The molecular formula is C16H18ClN3O3S. The number of rotatable bonds is 5. The van der Waals surface area contributed by atoms with Crippen LogP contribution in [0.4, 0.5) is 5.95 Å². The number of nitrogens with zero attached hydrogens (tertiary/aromatic N) is 2. The number of amides is 1. The van der Waals surface area contributed by atoms with Crippen LogP contribution in [0.1, 0.15) is 18.4 Å². The molecule has 1 unspecified atom stereocenters. The molecule has 24 heavy (non-hydrogen) atoms. The van der Waals surface area contributed by atoms with E-state index in [1.165, 1.54) is 0 Å². The molecule has 1 aliphatic rings. The van der Waals surface area contributed by atoms with Crippen LogP contribution in [0.25, 0.3) is 0 Å². The molecule has 8 heteroatoms. The second-order valence-electron chi connectivity index (χ2n) is 5.99. The van der Waals surface area contributed by atoms with Crippen molar-refractivity contribution in [2.24, 2.45) is 5.92 Å². The van der Waals surface area contributed by atoms with E-state index in [-0.39, 0.29) is 29.8 Å². The molecule has 0 bridgehead atoms. The number of hydrogen-bond acceptors (Lipinski definition) is 4. The van der Waals surface area contributed by atoms with E-state index < -0.39 is 9.84 Å². The van der Waals surface area contributed by atoms with Gasteiger partial charge in [0.1, 0.15) is 0 Å². The maximum absolute atomic E-state index is 12.2. The lowest BCUT2D eigenvalue weighted by Gasteiger charge is -2.11. The van der Waals surface area contributed by atoms with Gasteiger partial charge in [0.05, 0.1) is 18.1 Å². The molecule has 1 aliphatic heterocycles. The van der Waals surface area contributed by atoms with Crippen molar-refractivity contribution in [1.29, 1.82) is 0 Å². The maximum Gasteiger partial charge on any atom is 0.226 e. The molecule has 1 N–H and O–H groups in total. The number of halogens is 1. The Bertz CT molecular complexity index is 848. The van der Waals surface area contributed by atoms with Crippen molar-refractivity contribution >= 4 is 33.3 Å². The monoisotopic (exact) mass is 367 g/mol. The topological polar surface area (TPSA) is 81.1 Å². The minimum absolute atomic E-state index is 0.0917. The molecule has 3 rings (SSSR count). The Balaban J connectivity index is 1.63. The van der Waals surface area contributed by atoms with Gasteiger partial charge in [0.25, 0.3) is 0 Å². The van der Waals surface area contributed by atoms with Crippen molar-refractivity contribution in [3.05, 3.63) is 47.2 Å². The van der Waals surface area contributed by atoms with Crippen LogP contribution in [-0.2, 0) is 21.2 Å². The van der Waals surface area contributed by atoms with Crippen molar-refractivity contribution in [3.8, 4) is 0 Å². The fourth-order valence-electron chi connectivity index (χ4n) is 2.84. The summed E-state index contributed by atoms with van der Waals surface area (Å²) in [4.78, 5) is 16.3. The van der Waals surface area contributed by atoms with E-state index in [0.29, 0.717) is 23.9 Å². The van der Waals surface area contributed by atoms with Gasteiger partial charge in [0.15, 0.2) is 9.84 Å². The smallest absolute Gasteiger partial charge is 0.226 e. The second kappa shape index (κ2) is 6.94. The van der Waals surface area contributed by atoms with Crippen molar-refractivity contribution < 1.29 is 13.2 Å². The zero-order chi connectivity index (χ0) is 17.2. The van der Waals surface area contributed by atoms with Crippen LogP contribution < -0.4 is 5.32 Å². The van der Waals surface area contributed by atoms with Crippen LogP contribution >= 0.6 is 11.6 Å². The Hall–Kier alpha value is -1.86. The number of carbonyl (C=O) groups excluding carboxylic acids is 1. The van der Waals surface area contributed by atoms with E-state index in [2.05, 4.69) is 10.3 Å². The average Bonchev–Trinajstić information content (AvgIpc) is 3.08. The van der Waals surface area contributed by atoms with Gasteiger partial charge in [-0.1, -0.05) is 29.8 Å². The predicted octanol–water partition coefficient (Wildman–Crippen LogP) is 2.35. The van der Waals surface area contributed by atoms with Crippen LogP contribution in [0.3, 0.4) is 0 Å². The normalized spacial score (nSPS) is 19.3. The highest BCUT2D eigenvalue weighted by Gasteiger charge is 2.29. The predicted molar refractivity (Wildman–Crippen MR) is 92.8 cm³/mol. The van der Waals surface area contributed by atoms with Crippen LogP contribution in [-0.4, -0.2) is 35.4 Å². The summed E-state index contributed by atoms with van der Waals surface area (Å²) >= 11 is 6.16. The number of hydrogen-bond donors (Lipinski definition) is 1. The number of aromatic nitrogens is 2. The van der Waals surface area contributed by atoms with E-state index in [4.69, 9.17) is 11.6 Å². The van der Waals surface area contributed by atoms with Crippen molar-refractivity contribution in [3.63, 3.8) is 0 Å². The standard InChI is InChI=1S/C16H18ClN3O3S/c17-14-4-2-1-3-13(14)10-20-7-6-18-16(20)19-15(21)9-12-5-8-24(22,23)11-12/h1-4,6-7,12H,5,8-11H2,(H,18,19,21). The molecule has 1 aromatic heterocycles. The third kappa shape index (κ3) is 4.15. The van der Waals surface area contributed by atoms with Crippen LogP contribution in [0.15, 0.2) is 36.7 Å². The van der Waals surface area contributed by atoms with Crippen molar-refractivity contribution in [2.45, 2.75) is 19.4 Å². The molecule has 0 spiro atoms. The van der Waals surface area contributed by atoms with E-state index in [0.717, 1.165) is 5.56 Å². The van der Waals surface area contributed by atoms with Gasteiger partial charge in [-0.2, -0.15) is 0 Å². The highest BCUT2D eigenvalue weighted by molar-refractivity contribution is 7.91. The molecule has 1 saturated heterocycles. The summed E-state index contributed by atoms with van der Waals surface area (Å²) in [6, 6.07) is 7.49. The van der Waals surface area contributed by atoms with Gasteiger partial charge in [-0.3, -0.25) is 10.1 Å². The minimum Gasteiger partial charge on any atom is -0.313 e. The molecule has 2 heterocycles. The summed E-state index contributed by atoms with van der Waals surface area (Å²) in [6.45, 7) is 0.493. The number of nitrogens with one attached hydrogen (secondary N) is 1. The van der Waals surface area contributed by atoms with Crippen molar-refractivity contribution in [1.82, 2.24) is 9.55 Å². The Labute approximate surface area is 145 Å². The third-order valence-corrected chi connectivity index (χ3v) is 6.27. The van der Waals surface area contributed by atoms with Crippen LogP contribution in [0.5, 0.6) is 0 Å². The first-order chi connectivity index (χ1) is 11.4. The van der Waals surface area contributed by atoms with Crippen molar-refractivity contribution in [2.75, 3.05) is 16.8 Å². The van der Waals surface area contributed by atoms with E-state index in [1.54, 1.807) is 17.0 Å². The molecule has 0 radical (unpaired) electrons. The lowest BCUT2D eigenvalue weighted by Crippen LogP contribution is -2.20. The van der Waals surface area contributed by atoms with Gasteiger partial charge in [-0.25, -0.2) is 13.4 Å². The lowest BCUT2D eigenvalue weighted by molar-refractivity contribution is -0.117. The molecule has 128 valence electrons. The zero-order valence-corrected chi connectivity index (χ0v) is 14.6. The Kier molecular flexibility index (Phi) is 4.91. The second-order valence-corrected chi connectivity index (χ2v) is 8.63. The fourth-order valence-corrected chi connectivity index (χ4v) is 4.90. The van der Waals surface area contributed by atoms with Crippen LogP contribution in [0.2, 0.25) is 5.02 Å². The number of anilines is 1. The van der Waals surface area contributed by atoms with E-state index in [1.807, 2.05) is 24.3 Å². The summed E-state index contributed by atoms with van der Waals surface area (Å²) in [7, 11) is -2.97. The van der Waals surface area contributed by atoms with Crippen LogP contribution in [0, 0.1) is 5.92 Å². The molecule has 1 amide bonds. The van der Waals surface area contributed by atoms with Gasteiger partial charge in [-0.15, -0.1) is 0 Å². The third-order valence-electron chi connectivity index (χ3n) is 4.07. The van der Waals surface area contributed by atoms with Gasteiger partial charge >= 0.3 is 0 Å². The van der Waals surface area contributed by atoms with E-state index >= 15 is 0 Å². The Morgan fingerprint density at radius 3 is 2.88 bits per heavy atom. The van der Waals surface area contributed by atoms with Gasteiger partial charge in [0.2, 0.25) is 11.9 Å². The summed E-state index contributed by atoms with van der Waals surface area (Å²) in [5, 5.41) is 3.41. The van der Waals surface area contributed by atoms with Gasteiger partial charge in [-0.05, 0) is 24.0 Å². The van der Waals surface area contributed by atoms with E-state index in [9.17, 15) is 13.2 Å². The largest absolute Gasteiger partial charge is 0.313 e. The summed E-state index contributed by atoms with van der Waals surface area (Å²) in [6.07, 6.45) is 4.10. The molecule has 1 fully saturated rings. The molecule has 2 aromatic rings. The van der Waals surface area contributed by atoms with Gasteiger partial charge in [0, 0.05) is 23.8 Å². The number of imidazole rings is 1. The zero-order valence-electron chi connectivity index (χ0n) is 13.0. The summed E-state index contributed by atoms with van der Waals surface area (Å²) < 4.78 is 24.7. The Morgan fingerprint density at radius 1 is 1.38 bits per heavy atom. The summed E-state index contributed by atoms with van der Waals surface area (Å²) in [5.74, 6) is 0.368. The first-order valence-electron chi connectivity index (χ1n) is 7.68. The van der Waals surface area contributed by atoms with Gasteiger partial charge < -0.3 is 4.57 Å². The molecule has 1 atom stereocenters. The molecule has 0 aliphatic carbocycles. The first-order valence-corrected chi connectivity index (χ1v) is 9.88. The molecule has 1 aromatic carbocycles. The number of benzene rings is 1. The number of sulfone groups is 1. The first kappa shape index (κ1) is 17.0. The lowest BCUT2D eigenvalue weighted by atomic mass is 10.1. The highest BCUT2D eigenvalue weighted by Crippen LogP contribution is 2.22. The fraction of sp³-hybridized carbons (Fsp3) is 0.375. The maximum atomic E-state index is 12.2. The summed E-state index contributed by atoms with van der Waals surface area (Å²) in [5.41, 5.74) is 0.926. The molecule has 0 saturated carbocycles. The quantitative estimate of drug-likeness (QED) is 0.879.